The van der Waals surface area contributed by atoms with Crippen LogP contribution in [0.5, 0.6) is 0 Å². The van der Waals surface area contributed by atoms with Crippen LogP contribution in [-0.4, -0.2) is 48.3 Å². The molecule has 0 aromatic heterocycles. The molecule has 0 N–H and O–H groups in total. The van der Waals surface area contributed by atoms with E-state index in [9.17, 15) is 14.4 Å². The largest absolute Gasteiger partial charge is 0.463 e. The van der Waals surface area contributed by atoms with E-state index in [1.54, 1.807) is 19.1 Å². The van der Waals surface area contributed by atoms with Gasteiger partial charge in [-0.2, -0.15) is 0 Å². The van der Waals surface area contributed by atoms with Gasteiger partial charge in [0.05, 0.1) is 35.6 Å². The molecule has 1 fully saturated rings. The van der Waals surface area contributed by atoms with Crippen molar-refractivity contribution in [2.75, 3.05) is 25.5 Å². The second kappa shape index (κ2) is 8.73. The van der Waals surface area contributed by atoms with Gasteiger partial charge in [0.15, 0.2) is 0 Å². The second-order valence-corrected chi connectivity index (χ2v) is 6.76. The van der Waals surface area contributed by atoms with Gasteiger partial charge in [-0.3, -0.25) is 4.79 Å². The first-order valence-electron chi connectivity index (χ1n) is 8.56. The van der Waals surface area contributed by atoms with E-state index in [0.717, 1.165) is 10.8 Å². The molecule has 0 unspecified atom stereocenters. The van der Waals surface area contributed by atoms with Crippen molar-refractivity contribution < 1.29 is 23.9 Å². The van der Waals surface area contributed by atoms with Crippen LogP contribution in [0, 0.1) is 0 Å². The maximum Gasteiger partial charge on any atom is 0.338 e. The average Bonchev–Trinajstić information content (AvgIpc) is 3.01. The van der Waals surface area contributed by atoms with Gasteiger partial charge in [-0.05, 0) is 29.8 Å². The molecule has 6 nitrogen and oxygen atoms in total. The highest BCUT2D eigenvalue weighted by molar-refractivity contribution is 8.04. The number of ether oxygens (including phenoxy) is 2. The summed E-state index contributed by atoms with van der Waals surface area (Å²) < 4.78 is 10.2. The number of thioether (sulfide) groups is 1. The Labute approximate surface area is 161 Å². The highest BCUT2D eigenvalue weighted by Gasteiger charge is 2.27. The molecule has 27 heavy (non-hydrogen) atoms. The van der Waals surface area contributed by atoms with E-state index >= 15 is 0 Å². The number of hydrogen-bond acceptors (Lipinski definition) is 6. The van der Waals surface area contributed by atoms with Gasteiger partial charge in [0.2, 0.25) is 5.91 Å². The summed E-state index contributed by atoms with van der Waals surface area (Å²) in [5.41, 5.74) is 0.457. The maximum absolute atomic E-state index is 12.3. The minimum absolute atomic E-state index is 0.0398. The van der Waals surface area contributed by atoms with E-state index < -0.39 is 11.9 Å². The number of carbonyl (C=O) groups excluding carboxylic acids is 3. The third-order valence-corrected chi connectivity index (χ3v) is 5.00. The molecule has 7 heteroatoms. The number of amides is 1. The number of carbonyl (C=O) groups is 3. The molecule has 1 amide bonds. The van der Waals surface area contributed by atoms with Gasteiger partial charge in [0.1, 0.15) is 6.61 Å². The lowest BCUT2D eigenvalue weighted by atomic mass is 10.1. The van der Waals surface area contributed by atoms with Crippen LogP contribution >= 0.6 is 11.8 Å². The van der Waals surface area contributed by atoms with E-state index in [-0.39, 0.29) is 31.4 Å². The zero-order valence-electron chi connectivity index (χ0n) is 14.8. The number of esters is 2. The van der Waals surface area contributed by atoms with Crippen molar-refractivity contribution in [3.8, 4) is 0 Å². The van der Waals surface area contributed by atoms with Crippen molar-refractivity contribution >= 4 is 40.4 Å². The third-order valence-electron chi connectivity index (χ3n) is 3.97. The fourth-order valence-electron chi connectivity index (χ4n) is 2.68. The predicted molar refractivity (Wildman–Crippen MR) is 103 cm³/mol. The lowest BCUT2D eigenvalue weighted by Crippen LogP contribution is -2.29. The first-order valence-corrected chi connectivity index (χ1v) is 9.54. The van der Waals surface area contributed by atoms with Crippen molar-refractivity contribution in [2.24, 2.45) is 0 Å². The van der Waals surface area contributed by atoms with E-state index in [2.05, 4.69) is 0 Å². The molecular formula is C20H19NO5S. The summed E-state index contributed by atoms with van der Waals surface area (Å²) in [5.74, 6) is -0.815. The number of benzene rings is 2. The molecule has 2 aromatic carbocycles. The normalized spacial score (nSPS) is 15.4. The van der Waals surface area contributed by atoms with Crippen LogP contribution in [0.4, 0.5) is 0 Å². The van der Waals surface area contributed by atoms with Crippen LogP contribution in [0.25, 0.3) is 10.8 Å². The Morgan fingerprint density at radius 2 is 1.93 bits per heavy atom. The lowest BCUT2D eigenvalue weighted by molar-refractivity contribution is -0.137. The first kappa shape index (κ1) is 19.0. The van der Waals surface area contributed by atoms with Gasteiger partial charge in [-0.15, -0.1) is 0 Å². The molecule has 140 valence electrons. The van der Waals surface area contributed by atoms with Crippen molar-refractivity contribution in [3.63, 3.8) is 0 Å². The Morgan fingerprint density at radius 3 is 2.70 bits per heavy atom. The quantitative estimate of drug-likeness (QED) is 0.562. The molecule has 1 heterocycles. The van der Waals surface area contributed by atoms with E-state index in [1.807, 2.05) is 30.3 Å². The minimum Gasteiger partial charge on any atom is -0.463 e. The second-order valence-electron chi connectivity index (χ2n) is 5.77. The van der Waals surface area contributed by atoms with Crippen LogP contribution in [-0.2, 0) is 19.1 Å². The molecule has 3 rings (SSSR count). The zero-order valence-corrected chi connectivity index (χ0v) is 15.7. The molecule has 2 aromatic rings. The van der Waals surface area contributed by atoms with Crippen LogP contribution in [0.15, 0.2) is 53.6 Å². The summed E-state index contributed by atoms with van der Waals surface area (Å²) in [7, 11) is 0. The summed E-state index contributed by atoms with van der Waals surface area (Å²) in [6.07, 6.45) is 1.30. The Kier molecular flexibility index (Phi) is 6.13. The monoisotopic (exact) mass is 385 g/mol. The van der Waals surface area contributed by atoms with Gasteiger partial charge in [0, 0.05) is 0 Å². The molecule has 0 saturated carbocycles. The highest BCUT2D eigenvalue weighted by Crippen LogP contribution is 2.28. The molecular weight excluding hydrogens is 366 g/mol. The van der Waals surface area contributed by atoms with Crippen molar-refractivity contribution in [3.05, 3.63) is 59.1 Å². The number of hydrogen-bond donors (Lipinski definition) is 0. The number of rotatable bonds is 6. The summed E-state index contributed by atoms with van der Waals surface area (Å²) in [5, 5.41) is 2.51. The van der Waals surface area contributed by atoms with Crippen molar-refractivity contribution in [1.82, 2.24) is 4.90 Å². The van der Waals surface area contributed by atoms with Gasteiger partial charge in [-0.1, -0.05) is 42.1 Å². The van der Waals surface area contributed by atoms with Crippen LogP contribution in [0.2, 0.25) is 0 Å². The first-order chi connectivity index (χ1) is 13.1. The summed E-state index contributed by atoms with van der Waals surface area (Å²) in [4.78, 5) is 37.3. The summed E-state index contributed by atoms with van der Waals surface area (Å²) >= 11 is 1.27. The minimum atomic E-state index is -0.493. The Hall–Kier alpha value is -2.80. The molecule has 1 saturated heterocycles. The number of nitrogens with zero attached hydrogens (tertiary/aromatic N) is 1. The molecule has 0 aliphatic carbocycles. The SMILES string of the molecule is CCOC(=O)/C=C1\SCC(=O)N1CCOC(=O)c1ccc2ccccc2c1. The number of fused-ring (bicyclic) bond motifs is 1. The summed E-state index contributed by atoms with van der Waals surface area (Å²) in [6, 6.07) is 13.1. The molecule has 1 aliphatic heterocycles. The molecule has 0 atom stereocenters. The summed E-state index contributed by atoms with van der Waals surface area (Å²) in [6.45, 7) is 2.21. The molecule has 0 radical (unpaired) electrons. The topological polar surface area (TPSA) is 72.9 Å². The zero-order chi connectivity index (χ0) is 19.2. The fourth-order valence-corrected chi connectivity index (χ4v) is 3.64. The lowest BCUT2D eigenvalue weighted by Gasteiger charge is -2.16. The van der Waals surface area contributed by atoms with E-state index in [4.69, 9.17) is 9.47 Å². The highest BCUT2D eigenvalue weighted by atomic mass is 32.2. The molecule has 0 spiro atoms. The smallest absolute Gasteiger partial charge is 0.338 e. The van der Waals surface area contributed by atoms with E-state index in [1.165, 1.54) is 22.7 Å². The Balaban J connectivity index is 1.59. The van der Waals surface area contributed by atoms with Gasteiger partial charge in [-0.25, -0.2) is 9.59 Å². The van der Waals surface area contributed by atoms with Crippen LogP contribution in [0.3, 0.4) is 0 Å². The van der Waals surface area contributed by atoms with Crippen LogP contribution in [0.1, 0.15) is 17.3 Å². The Morgan fingerprint density at radius 1 is 1.15 bits per heavy atom. The van der Waals surface area contributed by atoms with Crippen molar-refractivity contribution in [2.45, 2.75) is 6.92 Å². The van der Waals surface area contributed by atoms with Crippen LogP contribution < -0.4 is 0 Å². The standard InChI is InChI=1S/C20H19NO5S/c1-2-25-19(23)12-18-21(17(22)13-27-18)9-10-26-20(24)16-8-7-14-5-3-4-6-15(14)11-16/h3-8,11-12H,2,9-10,13H2,1H3/b18-12-. The third kappa shape index (κ3) is 4.68. The van der Waals surface area contributed by atoms with Gasteiger partial charge < -0.3 is 14.4 Å². The maximum atomic E-state index is 12.3. The van der Waals surface area contributed by atoms with Gasteiger partial charge in [0.25, 0.3) is 0 Å². The molecule has 0 bridgehead atoms. The predicted octanol–water partition coefficient (Wildman–Crippen LogP) is 2.98. The van der Waals surface area contributed by atoms with Gasteiger partial charge >= 0.3 is 11.9 Å². The fraction of sp³-hybridized carbons (Fsp3) is 0.250. The average molecular weight is 385 g/mol. The molecule has 1 aliphatic rings. The Bertz CT molecular complexity index is 908. The van der Waals surface area contributed by atoms with E-state index in [0.29, 0.717) is 10.6 Å². The van der Waals surface area contributed by atoms with Crippen molar-refractivity contribution in [1.29, 1.82) is 0 Å².